The monoisotopic (exact) mass is 112 g/mol. The zero-order valence-corrected chi connectivity index (χ0v) is 4.05. The molecule has 0 heterocycles. The fraction of sp³-hybridized carbons (Fsp3) is 1.00. The molecule has 0 fully saturated rings. The lowest BCUT2D eigenvalue weighted by Crippen LogP contribution is -1.76. The third-order valence-corrected chi connectivity index (χ3v) is 0.454. The molecule has 38 valence electrons. The van der Waals surface area contributed by atoms with E-state index in [0.717, 1.165) is 6.66 Å². The summed E-state index contributed by atoms with van der Waals surface area (Å²) in [6, 6.07) is 0. The summed E-state index contributed by atoms with van der Waals surface area (Å²) >= 11 is 0. The first kappa shape index (κ1) is 6.11. The van der Waals surface area contributed by atoms with E-state index in [-0.39, 0.29) is 0 Å². The van der Waals surface area contributed by atoms with Crippen LogP contribution in [0.15, 0.2) is 0 Å². The fourth-order valence-corrected chi connectivity index (χ4v) is 0. The lowest BCUT2D eigenvalue weighted by molar-refractivity contribution is -0.144. The predicted molar refractivity (Wildman–Crippen MR) is 19.5 cm³/mol. The lowest BCUT2D eigenvalue weighted by atomic mass is 12.0. The maximum absolute atomic E-state index is 9.67. The molecule has 1 atom stereocenters. The first-order valence-corrected chi connectivity index (χ1v) is 3.22. The highest BCUT2D eigenvalue weighted by Gasteiger charge is 2.05. The van der Waals surface area contributed by atoms with Gasteiger partial charge in [0.1, 0.15) is 0 Å². The van der Waals surface area contributed by atoms with Crippen molar-refractivity contribution >= 4 is 7.60 Å². The molecule has 0 aliphatic rings. The van der Waals surface area contributed by atoms with Gasteiger partial charge in [-0.15, -0.1) is 0 Å². The van der Waals surface area contributed by atoms with Crippen molar-refractivity contribution < 1.29 is 19.4 Å². The first-order valence-electron chi connectivity index (χ1n) is 1.19. The Morgan fingerprint density at radius 3 is 2.00 bits per heavy atom. The smallest absolute Gasteiger partial charge is 0.323 e. The molecule has 0 aromatic heterocycles. The van der Waals surface area contributed by atoms with E-state index in [0.29, 0.717) is 0 Å². The van der Waals surface area contributed by atoms with Crippen molar-refractivity contribution in [3.63, 3.8) is 0 Å². The van der Waals surface area contributed by atoms with Gasteiger partial charge in [0, 0.05) is 6.66 Å². The van der Waals surface area contributed by atoms with E-state index in [1.807, 2.05) is 0 Å². The zero-order valence-electron chi connectivity index (χ0n) is 3.16. The molecule has 0 aliphatic heterocycles. The highest BCUT2D eigenvalue weighted by atomic mass is 31.2. The maximum atomic E-state index is 9.67. The second-order valence-electron chi connectivity index (χ2n) is 0.885. The van der Waals surface area contributed by atoms with Gasteiger partial charge in [-0.3, -0.25) is 4.57 Å². The van der Waals surface area contributed by atoms with Crippen LogP contribution in [-0.4, -0.2) is 16.8 Å². The van der Waals surface area contributed by atoms with Gasteiger partial charge >= 0.3 is 7.60 Å². The molecule has 0 aromatic carbocycles. The average molecular weight is 112 g/mol. The quantitative estimate of drug-likeness (QED) is 0.290. The Morgan fingerprint density at radius 1 is 1.83 bits per heavy atom. The van der Waals surface area contributed by atoms with Crippen molar-refractivity contribution in [3.8, 4) is 0 Å². The van der Waals surface area contributed by atoms with Crippen LogP contribution in [0.1, 0.15) is 0 Å². The van der Waals surface area contributed by atoms with Crippen molar-refractivity contribution in [2.24, 2.45) is 0 Å². The Hall–Kier alpha value is 0.110. The third-order valence-electron chi connectivity index (χ3n) is 0.151. The summed E-state index contributed by atoms with van der Waals surface area (Å²) in [4.78, 5) is 7.91. The van der Waals surface area contributed by atoms with Gasteiger partial charge in [0.05, 0.1) is 0 Å². The van der Waals surface area contributed by atoms with Gasteiger partial charge in [0.25, 0.3) is 0 Å². The zero-order chi connectivity index (χ0) is 5.21. The van der Waals surface area contributed by atoms with Crippen molar-refractivity contribution in [2.75, 3.05) is 6.66 Å². The van der Waals surface area contributed by atoms with Crippen LogP contribution < -0.4 is 0 Å². The van der Waals surface area contributed by atoms with Crippen molar-refractivity contribution in [3.05, 3.63) is 0 Å². The van der Waals surface area contributed by atoms with Crippen LogP contribution in [0.4, 0.5) is 0 Å². The molecule has 0 rings (SSSR count). The van der Waals surface area contributed by atoms with E-state index < -0.39 is 7.60 Å². The summed E-state index contributed by atoms with van der Waals surface area (Å²) in [5.74, 6) is 0. The third kappa shape index (κ3) is 4.11. The summed E-state index contributed by atoms with van der Waals surface area (Å²) in [6.45, 7) is 0.882. The molecule has 0 bridgehead atoms. The largest absolute Gasteiger partial charge is 0.352 e. The van der Waals surface area contributed by atoms with Gasteiger partial charge in [0.15, 0.2) is 0 Å². The SMILES string of the molecule is CP(=O)(O)OO. The van der Waals surface area contributed by atoms with E-state index in [9.17, 15) is 4.57 Å². The lowest BCUT2D eigenvalue weighted by Gasteiger charge is -1.93. The standard InChI is InChI=1S/CH5O4P/c1-6(3,4)5-2/h2H,1H3,(H,3,4). The van der Waals surface area contributed by atoms with E-state index >= 15 is 0 Å². The molecule has 0 aromatic rings. The Kier molecular flexibility index (Phi) is 1.74. The summed E-state index contributed by atoms with van der Waals surface area (Å²) in [6.07, 6.45) is 0. The number of hydrogen-bond acceptors (Lipinski definition) is 3. The molecule has 0 radical (unpaired) electrons. The Bertz CT molecular complexity index is 71.6. The minimum atomic E-state index is -3.59. The highest BCUT2D eigenvalue weighted by molar-refractivity contribution is 7.51. The van der Waals surface area contributed by atoms with Crippen LogP contribution in [0.25, 0.3) is 0 Å². The van der Waals surface area contributed by atoms with E-state index in [1.54, 1.807) is 0 Å². The van der Waals surface area contributed by atoms with Crippen molar-refractivity contribution in [2.45, 2.75) is 0 Å². The normalized spacial score (nSPS) is 19.8. The summed E-state index contributed by atoms with van der Waals surface area (Å²) < 4.78 is 12.7. The molecule has 0 amide bonds. The van der Waals surface area contributed by atoms with Gasteiger partial charge in [0.2, 0.25) is 0 Å². The van der Waals surface area contributed by atoms with Gasteiger partial charge in [-0.1, -0.05) is 0 Å². The number of rotatable bonds is 1. The van der Waals surface area contributed by atoms with Crippen LogP contribution in [0, 0.1) is 0 Å². The summed E-state index contributed by atoms with van der Waals surface area (Å²) in [5, 5.41) is 7.39. The fourth-order valence-electron chi connectivity index (χ4n) is 0. The Labute approximate surface area is 34.8 Å². The molecule has 0 saturated carbocycles. The summed E-state index contributed by atoms with van der Waals surface area (Å²) in [5.41, 5.74) is 0. The minimum absolute atomic E-state index is 0.882. The molecular formula is CH5O4P. The molecule has 5 heteroatoms. The second kappa shape index (κ2) is 1.71. The molecule has 0 saturated heterocycles. The first-order chi connectivity index (χ1) is 2.56. The van der Waals surface area contributed by atoms with Crippen LogP contribution in [0.3, 0.4) is 0 Å². The molecule has 4 nitrogen and oxygen atoms in total. The predicted octanol–water partition coefficient (Wildman–Crippen LogP) is 0.291. The molecule has 6 heavy (non-hydrogen) atoms. The van der Waals surface area contributed by atoms with E-state index in [2.05, 4.69) is 4.67 Å². The maximum Gasteiger partial charge on any atom is 0.352 e. The molecule has 1 unspecified atom stereocenters. The summed E-state index contributed by atoms with van der Waals surface area (Å²) in [7, 11) is -3.59. The molecular weight excluding hydrogens is 107 g/mol. The van der Waals surface area contributed by atoms with Crippen molar-refractivity contribution in [1.82, 2.24) is 0 Å². The average Bonchev–Trinajstić information content (AvgIpc) is 1.35. The van der Waals surface area contributed by atoms with Gasteiger partial charge in [-0.25, -0.2) is 5.26 Å². The van der Waals surface area contributed by atoms with Gasteiger partial charge in [-0.2, -0.15) is 4.67 Å². The minimum Gasteiger partial charge on any atom is -0.323 e. The topological polar surface area (TPSA) is 66.8 Å². The Morgan fingerprint density at radius 2 is 2.00 bits per heavy atom. The van der Waals surface area contributed by atoms with Gasteiger partial charge in [-0.05, 0) is 0 Å². The Balaban J connectivity index is 3.48. The highest BCUT2D eigenvalue weighted by Crippen LogP contribution is 2.34. The van der Waals surface area contributed by atoms with Crippen LogP contribution in [0.5, 0.6) is 0 Å². The number of hydrogen-bond donors (Lipinski definition) is 2. The molecule has 2 N–H and O–H groups in total. The van der Waals surface area contributed by atoms with E-state index in [4.69, 9.17) is 10.2 Å². The van der Waals surface area contributed by atoms with Gasteiger partial charge < -0.3 is 4.89 Å². The van der Waals surface area contributed by atoms with Crippen LogP contribution >= 0.6 is 7.60 Å². The van der Waals surface area contributed by atoms with E-state index in [1.165, 1.54) is 0 Å². The molecule has 0 spiro atoms. The van der Waals surface area contributed by atoms with Crippen LogP contribution in [0.2, 0.25) is 0 Å². The van der Waals surface area contributed by atoms with Crippen molar-refractivity contribution in [1.29, 1.82) is 0 Å². The van der Waals surface area contributed by atoms with Crippen LogP contribution in [-0.2, 0) is 9.24 Å². The molecule has 0 aliphatic carbocycles. The second-order valence-corrected chi connectivity index (χ2v) is 2.65.